The molecule has 34 heavy (non-hydrogen) atoms. The molecule has 0 bridgehead atoms. The molecule has 0 aliphatic rings. The van der Waals surface area contributed by atoms with Crippen molar-refractivity contribution in [3.63, 3.8) is 0 Å². The molecule has 0 spiro atoms. The van der Waals surface area contributed by atoms with Crippen molar-refractivity contribution in [3.05, 3.63) is 70.9 Å². The van der Waals surface area contributed by atoms with Crippen LogP contribution in [-0.2, 0) is 24.0 Å². The minimum absolute atomic E-state index is 0.0471. The molecule has 0 aliphatic heterocycles. The fraction of sp³-hybridized carbons (Fsp3) is 0.227. The van der Waals surface area contributed by atoms with Gasteiger partial charge in [0.25, 0.3) is 5.91 Å². The highest BCUT2D eigenvalue weighted by Crippen LogP contribution is 2.31. The first-order chi connectivity index (χ1) is 16.2. The van der Waals surface area contributed by atoms with E-state index in [1.165, 1.54) is 29.4 Å². The summed E-state index contributed by atoms with van der Waals surface area (Å²) in [6.07, 6.45) is 1.58. The van der Waals surface area contributed by atoms with Crippen LogP contribution in [0.1, 0.15) is 34.3 Å². The summed E-state index contributed by atoms with van der Waals surface area (Å²) < 4.78 is 63.1. The zero-order valence-electron chi connectivity index (χ0n) is 18.0. The van der Waals surface area contributed by atoms with Gasteiger partial charge < -0.3 is 9.15 Å². The number of nitrogens with zero attached hydrogens (tertiary/aromatic N) is 3. The Hall–Kier alpha value is -3.85. The molecule has 8 nitrogen and oxygen atoms in total. The number of amides is 1. The number of aryl methyl sites for hydroxylation is 1. The number of halogens is 3. The molecule has 1 heterocycles. The van der Waals surface area contributed by atoms with E-state index in [9.17, 15) is 22.2 Å². The van der Waals surface area contributed by atoms with Crippen LogP contribution in [0.5, 0.6) is 5.75 Å². The molecule has 0 radical (unpaired) electrons. The Kier molecular flexibility index (Phi) is 7.91. The highest BCUT2D eigenvalue weighted by Gasteiger charge is 2.24. The summed E-state index contributed by atoms with van der Waals surface area (Å²) in [5, 5.41) is 9.08. The Morgan fingerprint density at radius 2 is 2.00 bits per heavy atom. The summed E-state index contributed by atoms with van der Waals surface area (Å²) in [5.74, 6) is -1.64. The van der Waals surface area contributed by atoms with Gasteiger partial charge in [-0.2, -0.15) is 19.0 Å². The van der Waals surface area contributed by atoms with Gasteiger partial charge in [-0.1, -0.05) is 6.92 Å². The van der Waals surface area contributed by atoms with Gasteiger partial charge in [-0.3, -0.25) is 14.4 Å². The predicted molar refractivity (Wildman–Crippen MR) is 117 cm³/mol. The molecule has 1 atom stereocenters. The van der Waals surface area contributed by atoms with Gasteiger partial charge in [-0.15, -0.1) is 0 Å². The third-order valence-corrected chi connectivity index (χ3v) is 4.97. The van der Waals surface area contributed by atoms with E-state index in [1.807, 2.05) is 6.07 Å². The molecule has 3 rings (SSSR count). The minimum Gasteiger partial charge on any atom is -0.435 e. The van der Waals surface area contributed by atoms with Crippen molar-refractivity contribution >= 4 is 28.6 Å². The van der Waals surface area contributed by atoms with Crippen molar-refractivity contribution in [2.75, 3.05) is 11.2 Å². The van der Waals surface area contributed by atoms with Crippen LogP contribution in [-0.4, -0.2) is 28.0 Å². The van der Waals surface area contributed by atoms with E-state index in [0.29, 0.717) is 17.7 Å². The Morgan fingerprint density at radius 1 is 1.29 bits per heavy atom. The molecule has 0 saturated carbocycles. The number of nitriles is 1. The molecule has 12 heteroatoms. The number of hydrogen-bond donors (Lipinski definition) is 1. The SMILES string of the molecule is CCc1oc(N(Cc2cc(F)cc(OC(F)F)c2)c2ccc(C#N)cc2)nc1C(=O)NS(C)=O. The fourth-order valence-corrected chi connectivity index (χ4v) is 3.46. The first-order valence-electron chi connectivity index (χ1n) is 9.86. The fourth-order valence-electron chi connectivity index (χ4n) is 3.10. The normalized spacial score (nSPS) is 11.7. The standard InChI is InChI=1S/C22H19F3N4O4S/c1-3-18-19(20(30)28-34(2)31)27-22(33-18)29(16-6-4-13(11-26)5-7-16)12-14-8-15(23)10-17(9-14)32-21(24)25/h4-10,21H,3,12H2,1-2H3,(H,28,30). The van der Waals surface area contributed by atoms with Gasteiger partial charge in [0.05, 0.1) is 18.2 Å². The maximum atomic E-state index is 14.1. The maximum Gasteiger partial charge on any atom is 0.387 e. The van der Waals surface area contributed by atoms with E-state index >= 15 is 0 Å². The van der Waals surface area contributed by atoms with Crippen LogP contribution >= 0.6 is 0 Å². The van der Waals surface area contributed by atoms with Gasteiger partial charge in [0.15, 0.2) is 5.69 Å². The first kappa shape index (κ1) is 24.8. The number of benzene rings is 2. The van der Waals surface area contributed by atoms with Crippen LogP contribution in [0.2, 0.25) is 0 Å². The van der Waals surface area contributed by atoms with Crippen LogP contribution in [0.3, 0.4) is 0 Å². The van der Waals surface area contributed by atoms with E-state index in [1.54, 1.807) is 19.1 Å². The topological polar surface area (TPSA) is 108 Å². The van der Waals surface area contributed by atoms with Crippen molar-refractivity contribution in [2.45, 2.75) is 26.5 Å². The molecule has 0 aliphatic carbocycles. The van der Waals surface area contributed by atoms with E-state index in [4.69, 9.17) is 9.68 Å². The Labute approximate surface area is 195 Å². The third-order valence-electron chi connectivity index (χ3n) is 4.49. The summed E-state index contributed by atoms with van der Waals surface area (Å²) in [4.78, 5) is 18.1. The highest BCUT2D eigenvalue weighted by molar-refractivity contribution is 7.82. The lowest BCUT2D eigenvalue weighted by atomic mass is 10.1. The smallest absolute Gasteiger partial charge is 0.387 e. The zero-order valence-corrected chi connectivity index (χ0v) is 18.9. The van der Waals surface area contributed by atoms with Gasteiger partial charge in [0.1, 0.15) is 28.3 Å². The largest absolute Gasteiger partial charge is 0.435 e. The van der Waals surface area contributed by atoms with E-state index in [0.717, 1.165) is 12.1 Å². The molecular weight excluding hydrogens is 473 g/mol. The molecule has 178 valence electrons. The summed E-state index contributed by atoms with van der Waals surface area (Å²) in [7, 11) is -1.63. The highest BCUT2D eigenvalue weighted by atomic mass is 32.2. The van der Waals surface area contributed by atoms with Crippen LogP contribution in [0, 0.1) is 17.1 Å². The third kappa shape index (κ3) is 6.14. The van der Waals surface area contributed by atoms with Crippen LogP contribution in [0.15, 0.2) is 46.9 Å². The second kappa shape index (κ2) is 10.8. The van der Waals surface area contributed by atoms with Crippen molar-refractivity contribution in [3.8, 4) is 11.8 Å². The number of carbonyl (C=O) groups excluding carboxylic acids is 1. The molecule has 3 aromatic rings. The molecule has 0 saturated heterocycles. The van der Waals surface area contributed by atoms with Gasteiger partial charge in [-0.05, 0) is 42.0 Å². The van der Waals surface area contributed by atoms with E-state index in [2.05, 4.69) is 14.4 Å². The molecular formula is C22H19F3N4O4S. The van der Waals surface area contributed by atoms with Gasteiger partial charge in [0.2, 0.25) is 0 Å². The number of ether oxygens (including phenoxy) is 1. The minimum atomic E-state index is -3.13. The average Bonchev–Trinajstić information content (AvgIpc) is 3.21. The van der Waals surface area contributed by atoms with E-state index in [-0.39, 0.29) is 35.3 Å². The molecule has 1 N–H and O–H groups in total. The number of alkyl halides is 2. The Bertz CT molecular complexity index is 1240. The summed E-state index contributed by atoms with van der Waals surface area (Å²) in [6.45, 7) is -1.50. The van der Waals surface area contributed by atoms with E-state index < -0.39 is 29.3 Å². The molecule has 1 unspecified atom stereocenters. The molecule has 2 aromatic carbocycles. The van der Waals surface area contributed by atoms with Crippen LogP contribution in [0.25, 0.3) is 0 Å². The first-order valence-corrected chi connectivity index (χ1v) is 11.4. The Morgan fingerprint density at radius 3 is 2.59 bits per heavy atom. The number of nitrogens with one attached hydrogen (secondary N) is 1. The quantitative estimate of drug-likeness (QED) is 0.477. The lowest BCUT2D eigenvalue weighted by Gasteiger charge is -2.21. The van der Waals surface area contributed by atoms with Crippen molar-refractivity contribution in [1.29, 1.82) is 5.26 Å². The van der Waals surface area contributed by atoms with Gasteiger partial charge >= 0.3 is 12.6 Å². The van der Waals surface area contributed by atoms with Crippen molar-refractivity contribution in [2.24, 2.45) is 0 Å². The average molecular weight is 492 g/mol. The Balaban J connectivity index is 2.06. The lowest BCUT2D eigenvalue weighted by molar-refractivity contribution is -0.0500. The second-order valence-corrected chi connectivity index (χ2v) is 8.04. The number of rotatable bonds is 9. The number of carbonyl (C=O) groups is 1. The second-order valence-electron chi connectivity index (χ2n) is 6.93. The summed E-state index contributed by atoms with van der Waals surface area (Å²) >= 11 is 0. The maximum absolute atomic E-state index is 14.1. The van der Waals surface area contributed by atoms with Crippen molar-refractivity contribution in [1.82, 2.24) is 9.71 Å². The van der Waals surface area contributed by atoms with Gasteiger partial charge in [0, 0.05) is 24.4 Å². The van der Waals surface area contributed by atoms with Crippen LogP contribution < -0.4 is 14.4 Å². The molecule has 1 amide bonds. The lowest BCUT2D eigenvalue weighted by Crippen LogP contribution is -2.26. The predicted octanol–water partition coefficient (Wildman–Crippen LogP) is 4.21. The van der Waals surface area contributed by atoms with Crippen molar-refractivity contribution < 1.29 is 31.3 Å². The number of hydrogen-bond acceptors (Lipinski definition) is 7. The zero-order chi connectivity index (χ0) is 24.8. The summed E-state index contributed by atoms with van der Waals surface area (Å²) in [6, 6.07) is 11.4. The van der Waals surface area contributed by atoms with Gasteiger partial charge in [-0.25, -0.2) is 8.60 Å². The summed E-state index contributed by atoms with van der Waals surface area (Å²) in [5.41, 5.74) is 1.02. The molecule has 1 aromatic heterocycles. The monoisotopic (exact) mass is 492 g/mol. The van der Waals surface area contributed by atoms with Crippen LogP contribution in [0.4, 0.5) is 24.9 Å². The number of aromatic nitrogens is 1. The number of oxazole rings is 1. The molecule has 0 fully saturated rings. The number of anilines is 2.